The second kappa shape index (κ2) is 11.0. The summed E-state index contributed by atoms with van der Waals surface area (Å²) in [6.45, 7) is 1.86. The summed E-state index contributed by atoms with van der Waals surface area (Å²) in [6, 6.07) is 14.0. The summed E-state index contributed by atoms with van der Waals surface area (Å²) in [7, 11) is -3.41. The molecule has 30 heavy (non-hydrogen) atoms. The number of thioether (sulfide) groups is 1. The average Bonchev–Trinajstić information content (AvgIpc) is 3.29. The standard InChI is InChI=1S/C21H25ClN2O4S2/c22-18-5-3-17(4-6-18)15-29-16-21(25)23-11-14-28-19-7-9-20(10-8-19)30(26,27)24-12-1-2-13-24/h3-10H,1-2,11-16H2,(H,23,25). The number of benzene rings is 2. The van der Waals surface area contributed by atoms with Crippen LogP contribution in [0.5, 0.6) is 5.75 Å². The van der Waals surface area contributed by atoms with E-state index in [9.17, 15) is 13.2 Å². The fourth-order valence-corrected chi connectivity index (χ4v) is 5.50. The molecule has 1 heterocycles. The molecule has 0 saturated carbocycles. The molecule has 162 valence electrons. The molecule has 9 heteroatoms. The number of hydrogen-bond donors (Lipinski definition) is 1. The first kappa shape index (κ1) is 22.9. The van der Waals surface area contributed by atoms with Gasteiger partial charge in [-0.25, -0.2) is 8.42 Å². The zero-order chi connectivity index (χ0) is 21.4. The van der Waals surface area contributed by atoms with E-state index in [4.69, 9.17) is 16.3 Å². The average molecular weight is 469 g/mol. The Morgan fingerprint density at radius 2 is 1.73 bits per heavy atom. The Hall–Kier alpha value is -1.74. The van der Waals surface area contributed by atoms with Crippen LogP contribution in [-0.2, 0) is 20.6 Å². The van der Waals surface area contributed by atoms with E-state index in [1.165, 1.54) is 16.1 Å². The van der Waals surface area contributed by atoms with Gasteiger partial charge in [0, 0.05) is 23.9 Å². The van der Waals surface area contributed by atoms with Crippen LogP contribution in [0.4, 0.5) is 0 Å². The minimum absolute atomic E-state index is 0.0513. The molecule has 0 unspecified atom stereocenters. The molecule has 1 N–H and O–H groups in total. The zero-order valence-corrected chi connectivity index (χ0v) is 18.9. The van der Waals surface area contributed by atoms with Crippen molar-refractivity contribution in [3.8, 4) is 5.75 Å². The van der Waals surface area contributed by atoms with Crippen LogP contribution in [-0.4, -0.2) is 50.6 Å². The normalized spacial score (nSPS) is 14.6. The molecule has 0 aliphatic carbocycles. The van der Waals surface area contributed by atoms with Crippen molar-refractivity contribution < 1.29 is 17.9 Å². The van der Waals surface area contributed by atoms with E-state index in [0.29, 0.717) is 42.8 Å². The number of nitrogens with one attached hydrogen (secondary N) is 1. The maximum atomic E-state index is 12.5. The Balaban J connectivity index is 1.34. The number of amides is 1. The Morgan fingerprint density at radius 3 is 2.40 bits per heavy atom. The van der Waals surface area contributed by atoms with E-state index in [-0.39, 0.29) is 10.8 Å². The highest BCUT2D eigenvalue weighted by molar-refractivity contribution is 7.99. The van der Waals surface area contributed by atoms with E-state index in [1.807, 2.05) is 24.3 Å². The van der Waals surface area contributed by atoms with E-state index in [0.717, 1.165) is 24.2 Å². The molecule has 1 aliphatic heterocycles. The highest BCUT2D eigenvalue weighted by Gasteiger charge is 2.26. The fourth-order valence-electron chi connectivity index (χ4n) is 3.04. The maximum absolute atomic E-state index is 12.5. The van der Waals surface area contributed by atoms with Gasteiger partial charge in [0.2, 0.25) is 15.9 Å². The molecule has 1 amide bonds. The molecule has 0 spiro atoms. The molecule has 1 saturated heterocycles. The molecular weight excluding hydrogens is 444 g/mol. The van der Waals surface area contributed by atoms with Crippen molar-refractivity contribution in [2.75, 3.05) is 32.0 Å². The van der Waals surface area contributed by atoms with E-state index < -0.39 is 10.0 Å². The molecule has 6 nitrogen and oxygen atoms in total. The van der Waals surface area contributed by atoms with Crippen LogP contribution in [0.2, 0.25) is 5.02 Å². The summed E-state index contributed by atoms with van der Waals surface area (Å²) in [5.74, 6) is 1.63. The number of carbonyl (C=O) groups is 1. The number of hydrogen-bond acceptors (Lipinski definition) is 5. The largest absolute Gasteiger partial charge is 0.492 e. The summed E-state index contributed by atoms with van der Waals surface area (Å²) in [5.41, 5.74) is 1.12. The lowest BCUT2D eigenvalue weighted by Gasteiger charge is -2.15. The van der Waals surface area contributed by atoms with Gasteiger partial charge in [-0.3, -0.25) is 4.79 Å². The van der Waals surface area contributed by atoms with E-state index >= 15 is 0 Å². The highest BCUT2D eigenvalue weighted by atomic mass is 35.5. The minimum atomic E-state index is -3.41. The van der Waals surface area contributed by atoms with Crippen LogP contribution < -0.4 is 10.1 Å². The first-order chi connectivity index (χ1) is 14.4. The van der Waals surface area contributed by atoms with Crippen LogP contribution in [0.15, 0.2) is 53.4 Å². The van der Waals surface area contributed by atoms with Crippen molar-refractivity contribution >= 4 is 39.3 Å². The molecule has 0 bridgehead atoms. The number of sulfonamides is 1. The van der Waals surface area contributed by atoms with E-state index in [1.54, 1.807) is 24.3 Å². The van der Waals surface area contributed by atoms with Gasteiger partial charge in [-0.2, -0.15) is 4.31 Å². The van der Waals surface area contributed by atoms with Crippen molar-refractivity contribution in [1.82, 2.24) is 9.62 Å². The Labute approximate surface area is 187 Å². The third-order valence-electron chi connectivity index (χ3n) is 4.63. The number of ether oxygens (including phenoxy) is 1. The molecule has 2 aromatic carbocycles. The molecular formula is C21H25ClN2O4S2. The van der Waals surface area contributed by atoms with Gasteiger partial charge in [0.1, 0.15) is 12.4 Å². The zero-order valence-electron chi connectivity index (χ0n) is 16.6. The molecule has 1 aliphatic rings. The van der Waals surface area contributed by atoms with Gasteiger partial charge in [0.25, 0.3) is 0 Å². The van der Waals surface area contributed by atoms with E-state index in [2.05, 4.69) is 5.32 Å². The van der Waals surface area contributed by atoms with Gasteiger partial charge in [0.05, 0.1) is 17.2 Å². The predicted octanol–water partition coefficient (Wildman–Crippen LogP) is 3.55. The van der Waals surface area contributed by atoms with Crippen LogP contribution >= 0.6 is 23.4 Å². The topological polar surface area (TPSA) is 75.7 Å². The molecule has 1 fully saturated rings. The molecule has 0 atom stereocenters. The molecule has 2 aromatic rings. The summed E-state index contributed by atoms with van der Waals surface area (Å²) in [6.07, 6.45) is 1.82. The quantitative estimate of drug-likeness (QED) is 0.539. The monoisotopic (exact) mass is 468 g/mol. The summed E-state index contributed by atoms with van der Waals surface area (Å²) in [5, 5.41) is 3.51. The lowest BCUT2D eigenvalue weighted by Crippen LogP contribution is -2.29. The summed E-state index contributed by atoms with van der Waals surface area (Å²) >= 11 is 7.39. The lowest BCUT2D eigenvalue weighted by molar-refractivity contribution is -0.118. The first-order valence-electron chi connectivity index (χ1n) is 9.77. The maximum Gasteiger partial charge on any atom is 0.243 e. The third-order valence-corrected chi connectivity index (χ3v) is 7.80. The fraction of sp³-hybridized carbons (Fsp3) is 0.381. The van der Waals surface area contributed by atoms with Gasteiger partial charge in [-0.15, -0.1) is 11.8 Å². The number of nitrogens with zero attached hydrogens (tertiary/aromatic N) is 1. The first-order valence-corrected chi connectivity index (χ1v) is 12.7. The smallest absolute Gasteiger partial charge is 0.243 e. The summed E-state index contributed by atoms with van der Waals surface area (Å²) in [4.78, 5) is 12.2. The second-order valence-electron chi connectivity index (χ2n) is 6.90. The van der Waals surface area contributed by atoms with Crippen molar-refractivity contribution in [2.45, 2.75) is 23.5 Å². The SMILES string of the molecule is O=C(CSCc1ccc(Cl)cc1)NCCOc1ccc(S(=O)(=O)N2CCCC2)cc1. The molecule has 0 radical (unpaired) electrons. The molecule has 0 aromatic heterocycles. The minimum Gasteiger partial charge on any atom is -0.492 e. The Bertz CT molecular complexity index is 928. The molecule has 3 rings (SSSR count). The van der Waals surface area contributed by atoms with Crippen molar-refractivity contribution in [3.05, 3.63) is 59.1 Å². The van der Waals surface area contributed by atoms with Gasteiger partial charge >= 0.3 is 0 Å². The number of carbonyl (C=O) groups excluding carboxylic acids is 1. The third kappa shape index (κ3) is 6.63. The number of halogens is 1. The van der Waals surface area contributed by atoms with Gasteiger partial charge in [-0.05, 0) is 54.8 Å². The van der Waals surface area contributed by atoms with Crippen molar-refractivity contribution in [1.29, 1.82) is 0 Å². The van der Waals surface area contributed by atoms with Gasteiger partial charge in [-0.1, -0.05) is 23.7 Å². The van der Waals surface area contributed by atoms with Crippen molar-refractivity contribution in [3.63, 3.8) is 0 Å². The van der Waals surface area contributed by atoms with Crippen LogP contribution in [0, 0.1) is 0 Å². The van der Waals surface area contributed by atoms with Crippen LogP contribution in [0.25, 0.3) is 0 Å². The van der Waals surface area contributed by atoms with Crippen LogP contribution in [0.3, 0.4) is 0 Å². The highest BCUT2D eigenvalue weighted by Crippen LogP contribution is 2.23. The van der Waals surface area contributed by atoms with Crippen LogP contribution in [0.1, 0.15) is 18.4 Å². The van der Waals surface area contributed by atoms with Gasteiger partial charge in [0.15, 0.2) is 0 Å². The van der Waals surface area contributed by atoms with Gasteiger partial charge < -0.3 is 10.1 Å². The summed E-state index contributed by atoms with van der Waals surface area (Å²) < 4.78 is 32.1. The second-order valence-corrected chi connectivity index (χ2v) is 10.3. The Kier molecular flexibility index (Phi) is 8.44. The predicted molar refractivity (Wildman–Crippen MR) is 121 cm³/mol. The number of rotatable bonds is 10. The Morgan fingerprint density at radius 1 is 1.07 bits per heavy atom. The van der Waals surface area contributed by atoms with Crippen molar-refractivity contribution in [2.24, 2.45) is 0 Å². The lowest BCUT2D eigenvalue weighted by atomic mass is 10.2.